The minimum Gasteiger partial charge on any atom is -0.398 e. The summed E-state index contributed by atoms with van der Waals surface area (Å²) in [5.74, 6) is 0. The van der Waals surface area contributed by atoms with Gasteiger partial charge in [0.1, 0.15) is 0 Å². The van der Waals surface area contributed by atoms with Gasteiger partial charge >= 0.3 is 0 Å². The number of morpholine rings is 1. The second-order valence-electron chi connectivity index (χ2n) is 4.79. The minimum atomic E-state index is 0.827. The van der Waals surface area contributed by atoms with Crippen molar-refractivity contribution >= 4 is 16.5 Å². The van der Waals surface area contributed by atoms with Crippen molar-refractivity contribution in [2.24, 2.45) is 0 Å². The molecule has 0 spiro atoms. The topological polar surface area (TPSA) is 38.5 Å². The number of hydrogen-bond acceptors (Lipinski definition) is 3. The fraction of sp³-hybridized carbons (Fsp3) is 0.333. The Labute approximate surface area is 107 Å². The predicted octanol–water partition coefficient (Wildman–Crippen LogP) is 2.25. The smallest absolute Gasteiger partial charge is 0.0594 e. The zero-order valence-corrected chi connectivity index (χ0v) is 10.4. The molecule has 1 fully saturated rings. The van der Waals surface area contributed by atoms with Crippen molar-refractivity contribution in [3.63, 3.8) is 0 Å². The molecule has 1 aliphatic rings. The van der Waals surface area contributed by atoms with E-state index in [2.05, 4.69) is 35.2 Å². The van der Waals surface area contributed by atoms with Crippen molar-refractivity contribution in [1.29, 1.82) is 0 Å². The molecule has 2 aromatic carbocycles. The summed E-state index contributed by atoms with van der Waals surface area (Å²) in [5.41, 5.74) is 8.25. The van der Waals surface area contributed by atoms with Gasteiger partial charge in [0, 0.05) is 25.3 Å². The monoisotopic (exact) mass is 242 g/mol. The number of anilines is 1. The SMILES string of the molecule is Nc1cc2ccccc2cc1CN1CCOCC1. The summed E-state index contributed by atoms with van der Waals surface area (Å²) in [6, 6.07) is 12.6. The van der Waals surface area contributed by atoms with E-state index in [-0.39, 0.29) is 0 Å². The van der Waals surface area contributed by atoms with Crippen LogP contribution in [0, 0.1) is 0 Å². The minimum absolute atomic E-state index is 0.827. The molecular weight excluding hydrogens is 224 g/mol. The molecule has 1 aliphatic heterocycles. The molecule has 3 heteroatoms. The average Bonchev–Trinajstić information content (AvgIpc) is 2.41. The normalized spacial score (nSPS) is 17.1. The van der Waals surface area contributed by atoms with Gasteiger partial charge in [-0.25, -0.2) is 0 Å². The van der Waals surface area contributed by atoms with Gasteiger partial charge in [-0.05, 0) is 28.5 Å². The zero-order chi connectivity index (χ0) is 12.4. The quantitative estimate of drug-likeness (QED) is 0.821. The lowest BCUT2D eigenvalue weighted by molar-refractivity contribution is 0.0343. The van der Waals surface area contributed by atoms with Crippen LogP contribution in [0.5, 0.6) is 0 Å². The van der Waals surface area contributed by atoms with Crippen molar-refractivity contribution < 1.29 is 4.74 Å². The Morgan fingerprint density at radius 3 is 2.44 bits per heavy atom. The first kappa shape index (κ1) is 11.5. The van der Waals surface area contributed by atoms with Gasteiger partial charge in [0.15, 0.2) is 0 Å². The third-order valence-electron chi connectivity index (χ3n) is 3.51. The van der Waals surface area contributed by atoms with Crippen molar-refractivity contribution in [3.05, 3.63) is 42.0 Å². The first-order chi connectivity index (χ1) is 8.83. The molecule has 0 saturated carbocycles. The van der Waals surface area contributed by atoms with Crippen molar-refractivity contribution in [1.82, 2.24) is 4.90 Å². The molecule has 0 unspecified atom stereocenters. The van der Waals surface area contributed by atoms with Gasteiger partial charge in [-0.2, -0.15) is 0 Å². The first-order valence-electron chi connectivity index (χ1n) is 6.40. The molecule has 0 bridgehead atoms. The van der Waals surface area contributed by atoms with Gasteiger partial charge in [-0.1, -0.05) is 24.3 Å². The van der Waals surface area contributed by atoms with E-state index in [1.165, 1.54) is 16.3 Å². The molecule has 0 radical (unpaired) electrons. The van der Waals surface area contributed by atoms with Crippen molar-refractivity contribution in [2.75, 3.05) is 32.0 Å². The number of benzene rings is 2. The van der Waals surface area contributed by atoms with E-state index in [0.29, 0.717) is 0 Å². The Hall–Kier alpha value is -1.58. The van der Waals surface area contributed by atoms with Gasteiger partial charge in [0.05, 0.1) is 13.2 Å². The van der Waals surface area contributed by atoms with Crippen LogP contribution in [0.4, 0.5) is 5.69 Å². The molecule has 94 valence electrons. The highest BCUT2D eigenvalue weighted by atomic mass is 16.5. The number of fused-ring (bicyclic) bond motifs is 1. The Morgan fingerprint density at radius 1 is 1.06 bits per heavy atom. The molecule has 3 nitrogen and oxygen atoms in total. The van der Waals surface area contributed by atoms with Crippen LogP contribution in [-0.2, 0) is 11.3 Å². The molecule has 1 heterocycles. The fourth-order valence-electron chi connectivity index (χ4n) is 2.44. The Bertz CT molecular complexity index is 547. The van der Waals surface area contributed by atoms with Gasteiger partial charge in [-0.3, -0.25) is 4.90 Å². The van der Waals surface area contributed by atoms with Crippen LogP contribution in [0.25, 0.3) is 10.8 Å². The van der Waals surface area contributed by atoms with Crippen LogP contribution in [0.2, 0.25) is 0 Å². The lowest BCUT2D eigenvalue weighted by atomic mass is 10.0. The molecule has 0 atom stereocenters. The van der Waals surface area contributed by atoms with E-state index < -0.39 is 0 Å². The molecular formula is C15H18N2O. The maximum Gasteiger partial charge on any atom is 0.0594 e. The maximum absolute atomic E-state index is 6.15. The highest BCUT2D eigenvalue weighted by Gasteiger charge is 2.12. The maximum atomic E-state index is 6.15. The van der Waals surface area contributed by atoms with Crippen molar-refractivity contribution in [2.45, 2.75) is 6.54 Å². The Balaban J connectivity index is 1.88. The first-order valence-corrected chi connectivity index (χ1v) is 6.40. The lowest BCUT2D eigenvalue weighted by Gasteiger charge is -2.27. The average molecular weight is 242 g/mol. The summed E-state index contributed by atoms with van der Waals surface area (Å²) >= 11 is 0. The van der Waals surface area contributed by atoms with E-state index in [4.69, 9.17) is 10.5 Å². The number of nitrogens with zero attached hydrogens (tertiary/aromatic N) is 1. The van der Waals surface area contributed by atoms with Gasteiger partial charge in [0.25, 0.3) is 0 Å². The van der Waals surface area contributed by atoms with Crippen LogP contribution in [0.15, 0.2) is 36.4 Å². The highest BCUT2D eigenvalue weighted by Crippen LogP contribution is 2.23. The van der Waals surface area contributed by atoms with Crippen LogP contribution >= 0.6 is 0 Å². The standard InChI is InChI=1S/C15H18N2O/c16-15-10-13-4-2-1-3-12(13)9-14(15)11-17-5-7-18-8-6-17/h1-4,9-10H,5-8,11,16H2. The summed E-state index contributed by atoms with van der Waals surface area (Å²) in [5, 5.41) is 2.47. The van der Waals surface area contributed by atoms with E-state index >= 15 is 0 Å². The van der Waals surface area contributed by atoms with E-state index in [0.717, 1.165) is 38.5 Å². The summed E-state index contributed by atoms with van der Waals surface area (Å²) < 4.78 is 5.36. The van der Waals surface area contributed by atoms with Crippen LogP contribution in [-0.4, -0.2) is 31.2 Å². The predicted molar refractivity (Wildman–Crippen MR) is 74.5 cm³/mol. The highest BCUT2D eigenvalue weighted by molar-refractivity contribution is 5.86. The molecule has 0 aromatic heterocycles. The van der Waals surface area contributed by atoms with Crippen LogP contribution in [0.1, 0.15) is 5.56 Å². The summed E-state index contributed by atoms with van der Waals surface area (Å²) in [7, 11) is 0. The number of nitrogen functional groups attached to an aromatic ring is 1. The molecule has 1 saturated heterocycles. The van der Waals surface area contributed by atoms with E-state index in [1.54, 1.807) is 0 Å². The second-order valence-corrected chi connectivity index (χ2v) is 4.79. The summed E-state index contributed by atoms with van der Waals surface area (Å²) in [6.45, 7) is 4.56. The molecule has 2 N–H and O–H groups in total. The summed E-state index contributed by atoms with van der Waals surface area (Å²) in [4.78, 5) is 2.39. The number of nitrogens with two attached hydrogens (primary N) is 1. The molecule has 2 aromatic rings. The van der Waals surface area contributed by atoms with Gasteiger partial charge in [-0.15, -0.1) is 0 Å². The third kappa shape index (κ3) is 2.33. The third-order valence-corrected chi connectivity index (χ3v) is 3.51. The molecule has 18 heavy (non-hydrogen) atoms. The van der Waals surface area contributed by atoms with Gasteiger partial charge < -0.3 is 10.5 Å². The molecule has 0 aliphatic carbocycles. The number of rotatable bonds is 2. The Kier molecular flexibility index (Phi) is 3.17. The Morgan fingerprint density at radius 2 is 1.72 bits per heavy atom. The summed E-state index contributed by atoms with van der Waals surface area (Å²) in [6.07, 6.45) is 0. The van der Waals surface area contributed by atoms with Crippen LogP contribution < -0.4 is 5.73 Å². The van der Waals surface area contributed by atoms with Crippen LogP contribution in [0.3, 0.4) is 0 Å². The van der Waals surface area contributed by atoms with Gasteiger partial charge in [0.2, 0.25) is 0 Å². The largest absolute Gasteiger partial charge is 0.398 e. The zero-order valence-electron chi connectivity index (χ0n) is 10.4. The lowest BCUT2D eigenvalue weighted by Crippen LogP contribution is -2.35. The number of hydrogen-bond donors (Lipinski definition) is 1. The second kappa shape index (κ2) is 4.96. The van der Waals surface area contributed by atoms with Crippen molar-refractivity contribution in [3.8, 4) is 0 Å². The number of ether oxygens (including phenoxy) is 1. The fourth-order valence-corrected chi connectivity index (χ4v) is 2.44. The molecule has 3 rings (SSSR count). The van der Waals surface area contributed by atoms with E-state index in [9.17, 15) is 0 Å². The molecule has 0 amide bonds. The van der Waals surface area contributed by atoms with E-state index in [1.807, 2.05) is 6.07 Å².